The first-order valence-electron chi connectivity index (χ1n) is 5.80. The molecule has 3 rings (SSSR count). The van der Waals surface area contributed by atoms with Gasteiger partial charge in [0, 0.05) is 16.8 Å². The summed E-state index contributed by atoms with van der Waals surface area (Å²) >= 11 is 0. The van der Waals surface area contributed by atoms with E-state index in [0.29, 0.717) is 0 Å². The molecule has 18 heavy (non-hydrogen) atoms. The maximum Gasteiger partial charge on any atom is 0.0320 e. The van der Waals surface area contributed by atoms with Gasteiger partial charge in [0.2, 0.25) is 0 Å². The number of rotatable bonds is 0. The van der Waals surface area contributed by atoms with Crippen molar-refractivity contribution in [2.45, 2.75) is 19.3 Å². The number of nitrogen functional groups attached to an aromatic ring is 2. The third-order valence-corrected chi connectivity index (χ3v) is 3.72. The molecule has 0 spiro atoms. The third-order valence-electron chi connectivity index (χ3n) is 3.72. The second-order valence-corrected chi connectivity index (χ2v) is 5.24. The summed E-state index contributed by atoms with van der Waals surface area (Å²) in [6.45, 7) is 4.48. The first-order chi connectivity index (χ1) is 8.00. The molecular weight excluding hydrogens is 244 g/mol. The van der Waals surface area contributed by atoms with E-state index < -0.39 is 0 Å². The lowest BCUT2D eigenvalue weighted by Gasteiger charge is -2.21. The zero-order valence-electron chi connectivity index (χ0n) is 10.5. The van der Waals surface area contributed by atoms with Crippen LogP contribution in [-0.4, -0.2) is 0 Å². The topological polar surface area (TPSA) is 52.0 Å². The molecule has 0 heterocycles. The number of hydrogen-bond donors (Lipinski definition) is 2. The van der Waals surface area contributed by atoms with Crippen LogP contribution in [0.15, 0.2) is 36.4 Å². The predicted molar refractivity (Wildman–Crippen MR) is 80.1 cm³/mol. The Morgan fingerprint density at radius 3 is 1.56 bits per heavy atom. The Morgan fingerprint density at radius 1 is 0.778 bits per heavy atom. The van der Waals surface area contributed by atoms with E-state index in [1.165, 1.54) is 22.3 Å². The summed E-state index contributed by atoms with van der Waals surface area (Å²) in [6.07, 6.45) is 0. The maximum absolute atomic E-state index is 5.88. The summed E-state index contributed by atoms with van der Waals surface area (Å²) in [4.78, 5) is 0. The van der Waals surface area contributed by atoms with Gasteiger partial charge < -0.3 is 11.5 Å². The fourth-order valence-corrected chi connectivity index (χ4v) is 2.80. The van der Waals surface area contributed by atoms with Gasteiger partial charge in [-0.25, -0.2) is 0 Å². The minimum atomic E-state index is 0. The molecule has 1 aliphatic rings. The zero-order valence-corrected chi connectivity index (χ0v) is 11.3. The molecule has 0 radical (unpaired) electrons. The quantitative estimate of drug-likeness (QED) is 0.712. The molecule has 94 valence electrons. The lowest BCUT2D eigenvalue weighted by atomic mass is 9.82. The van der Waals surface area contributed by atoms with E-state index >= 15 is 0 Å². The van der Waals surface area contributed by atoms with Crippen LogP contribution in [0.2, 0.25) is 0 Å². The van der Waals surface area contributed by atoms with Crippen molar-refractivity contribution in [1.29, 1.82) is 0 Å². The molecule has 2 nitrogen and oxygen atoms in total. The molecule has 0 saturated heterocycles. The second kappa shape index (κ2) is 3.92. The lowest BCUT2D eigenvalue weighted by Crippen LogP contribution is -2.14. The minimum absolute atomic E-state index is 0. The molecule has 2 aromatic rings. The average molecular weight is 261 g/mol. The van der Waals surface area contributed by atoms with Crippen LogP contribution in [0.5, 0.6) is 0 Å². The summed E-state index contributed by atoms with van der Waals surface area (Å²) in [5.74, 6) is 0. The Morgan fingerprint density at radius 2 is 1.17 bits per heavy atom. The molecular formula is C15H17ClN2. The maximum atomic E-state index is 5.88. The molecule has 0 saturated carbocycles. The Hall–Kier alpha value is -1.67. The normalized spacial score (nSPS) is 14.6. The number of nitrogens with two attached hydrogens (primary N) is 2. The first kappa shape index (κ1) is 12.8. The molecule has 0 fully saturated rings. The van der Waals surface area contributed by atoms with E-state index in [2.05, 4.69) is 26.0 Å². The van der Waals surface area contributed by atoms with Crippen molar-refractivity contribution in [3.05, 3.63) is 47.5 Å². The molecule has 0 bridgehead atoms. The summed E-state index contributed by atoms with van der Waals surface area (Å²) in [5, 5.41) is 0. The number of hydrogen-bond acceptors (Lipinski definition) is 2. The van der Waals surface area contributed by atoms with Gasteiger partial charge in [-0.3, -0.25) is 0 Å². The van der Waals surface area contributed by atoms with Crippen molar-refractivity contribution >= 4 is 23.8 Å². The zero-order chi connectivity index (χ0) is 12.2. The summed E-state index contributed by atoms with van der Waals surface area (Å²) < 4.78 is 0. The van der Waals surface area contributed by atoms with Crippen LogP contribution >= 0.6 is 12.4 Å². The van der Waals surface area contributed by atoms with Gasteiger partial charge in [-0.2, -0.15) is 0 Å². The third kappa shape index (κ3) is 1.57. The van der Waals surface area contributed by atoms with Crippen molar-refractivity contribution < 1.29 is 0 Å². The fourth-order valence-electron chi connectivity index (χ4n) is 2.80. The summed E-state index contributed by atoms with van der Waals surface area (Å²) in [5.41, 5.74) is 18.5. The number of fused-ring (bicyclic) bond motifs is 3. The van der Waals surface area contributed by atoms with Crippen LogP contribution in [0.1, 0.15) is 25.0 Å². The van der Waals surface area contributed by atoms with E-state index in [1.807, 2.05) is 24.3 Å². The van der Waals surface area contributed by atoms with Crippen LogP contribution < -0.4 is 11.5 Å². The number of halogens is 1. The molecule has 4 N–H and O–H groups in total. The monoisotopic (exact) mass is 260 g/mol. The van der Waals surface area contributed by atoms with Gasteiger partial charge in [0.25, 0.3) is 0 Å². The van der Waals surface area contributed by atoms with Gasteiger partial charge in [-0.1, -0.05) is 26.0 Å². The van der Waals surface area contributed by atoms with Gasteiger partial charge in [0.15, 0.2) is 0 Å². The smallest absolute Gasteiger partial charge is 0.0320 e. The van der Waals surface area contributed by atoms with Crippen LogP contribution in [0.3, 0.4) is 0 Å². The van der Waals surface area contributed by atoms with Crippen molar-refractivity contribution in [3.8, 4) is 11.1 Å². The van der Waals surface area contributed by atoms with E-state index in [-0.39, 0.29) is 17.8 Å². The molecule has 1 aliphatic carbocycles. The number of benzene rings is 2. The van der Waals surface area contributed by atoms with Crippen LogP contribution in [0.4, 0.5) is 11.4 Å². The average Bonchev–Trinajstić information content (AvgIpc) is 2.47. The first-order valence-corrected chi connectivity index (χ1v) is 5.80. The molecule has 0 aliphatic heterocycles. The van der Waals surface area contributed by atoms with Crippen molar-refractivity contribution in [3.63, 3.8) is 0 Å². The molecule has 2 aromatic carbocycles. The summed E-state index contributed by atoms with van der Waals surface area (Å²) in [6, 6.07) is 12.3. The van der Waals surface area contributed by atoms with E-state index in [0.717, 1.165) is 11.4 Å². The highest BCUT2D eigenvalue weighted by Crippen LogP contribution is 2.49. The van der Waals surface area contributed by atoms with Crippen LogP contribution in [-0.2, 0) is 5.41 Å². The fraction of sp³-hybridized carbons (Fsp3) is 0.200. The summed E-state index contributed by atoms with van der Waals surface area (Å²) in [7, 11) is 0. The SMILES string of the molecule is CC1(C)c2ccc(N)cc2-c2cc(N)ccc21.Cl. The Bertz CT molecular complexity index is 564. The van der Waals surface area contributed by atoms with Crippen molar-refractivity contribution in [1.82, 2.24) is 0 Å². The molecule has 0 amide bonds. The largest absolute Gasteiger partial charge is 0.399 e. The highest BCUT2D eigenvalue weighted by molar-refractivity contribution is 5.85. The van der Waals surface area contributed by atoms with Gasteiger partial charge in [-0.05, 0) is 46.5 Å². The highest BCUT2D eigenvalue weighted by Gasteiger charge is 2.35. The van der Waals surface area contributed by atoms with E-state index in [1.54, 1.807) is 0 Å². The van der Waals surface area contributed by atoms with E-state index in [9.17, 15) is 0 Å². The Kier molecular flexibility index (Phi) is 2.78. The van der Waals surface area contributed by atoms with E-state index in [4.69, 9.17) is 11.5 Å². The van der Waals surface area contributed by atoms with Gasteiger partial charge in [0.05, 0.1) is 0 Å². The second-order valence-electron chi connectivity index (χ2n) is 5.24. The lowest BCUT2D eigenvalue weighted by molar-refractivity contribution is 0.660. The van der Waals surface area contributed by atoms with Crippen LogP contribution in [0, 0.1) is 0 Å². The van der Waals surface area contributed by atoms with Gasteiger partial charge >= 0.3 is 0 Å². The predicted octanol–water partition coefficient (Wildman–Crippen LogP) is 3.58. The van der Waals surface area contributed by atoms with Crippen LogP contribution in [0.25, 0.3) is 11.1 Å². The molecule has 3 heteroatoms. The van der Waals surface area contributed by atoms with Crippen molar-refractivity contribution in [2.24, 2.45) is 0 Å². The van der Waals surface area contributed by atoms with Gasteiger partial charge in [-0.15, -0.1) is 12.4 Å². The molecule has 0 unspecified atom stereocenters. The molecule has 0 aromatic heterocycles. The van der Waals surface area contributed by atoms with Gasteiger partial charge in [0.1, 0.15) is 0 Å². The molecule has 0 atom stereocenters. The standard InChI is InChI=1S/C15H16N2.ClH/c1-15(2)13-5-3-9(16)7-11(13)12-8-10(17)4-6-14(12)15;/h3-8H,16-17H2,1-2H3;1H. The van der Waals surface area contributed by atoms with Crippen molar-refractivity contribution in [2.75, 3.05) is 11.5 Å². The minimum Gasteiger partial charge on any atom is -0.399 e. The number of anilines is 2. The highest BCUT2D eigenvalue weighted by atomic mass is 35.5. The Balaban J connectivity index is 0.00000120. The Labute approximate surface area is 113 Å².